The summed E-state index contributed by atoms with van der Waals surface area (Å²) in [5.74, 6) is 3.64. The number of aromatic nitrogens is 1. The quantitative estimate of drug-likeness (QED) is 0.801. The van der Waals surface area contributed by atoms with E-state index < -0.39 is 0 Å². The number of pyridine rings is 1. The Kier molecular flexibility index (Phi) is 3.72. The minimum atomic E-state index is 0.471. The smallest absolute Gasteiger partial charge is 0.239 e. The molecule has 0 aliphatic heterocycles. The molecule has 110 valence electrons. The number of anilines is 2. The summed E-state index contributed by atoms with van der Waals surface area (Å²) in [6, 6.07) is 4.46. The first kappa shape index (κ1) is 13.5. The molecule has 1 aromatic heterocycles. The molecule has 4 nitrogen and oxygen atoms in total. The standard InChI is InChI=1S/C16H25N3O/c1-10(2)9-20-16-13(17)7-8-14(19-16)18-15(11-3-4-11)12-5-6-12/h7-8,10-12,15H,3-6,9,17H2,1-2H3,(H,18,19). The van der Waals surface area contributed by atoms with Crippen molar-refractivity contribution in [2.45, 2.75) is 45.6 Å². The number of rotatable bonds is 7. The highest BCUT2D eigenvalue weighted by Gasteiger charge is 2.41. The topological polar surface area (TPSA) is 60.2 Å². The number of nitrogens with zero attached hydrogens (tertiary/aromatic N) is 1. The summed E-state index contributed by atoms with van der Waals surface area (Å²) in [4.78, 5) is 4.55. The summed E-state index contributed by atoms with van der Waals surface area (Å²) in [6.45, 7) is 4.89. The van der Waals surface area contributed by atoms with Crippen LogP contribution in [0.2, 0.25) is 0 Å². The van der Waals surface area contributed by atoms with Crippen molar-refractivity contribution in [3.63, 3.8) is 0 Å². The summed E-state index contributed by atoms with van der Waals surface area (Å²) in [7, 11) is 0. The first-order chi connectivity index (χ1) is 9.63. The van der Waals surface area contributed by atoms with Gasteiger partial charge < -0.3 is 15.8 Å². The van der Waals surface area contributed by atoms with Gasteiger partial charge in [-0.25, -0.2) is 0 Å². The van der Waals surface area contributed by atoms with Gasteiger partial charge in [-0.15, -0.1) is 0 Å². The van der Waals surface area contributed by atoms with Gasteiger partial charge in [-0.1, -0.05) is 13.8 Å². The zero-order valence-electron chi connectivity index (χ0n) is 12.4. The van der Waals surface area contributed by atoms with Gasteiger partial charge >= 0.3 is 0 Å². The van der Waals surface area contributed by atoms with Crippen LogP contribution in [-0.2, 0) is 0 Å². The zero-order chi connectivity index (χ0) is 14.1. The molecule has 0 bridgehead atoms. The fourth-order valence-corrected chi connectivity index (χ4v) is 2.59. The highest BCUT2D eigenvalue weighted by Crippen LogP contribution is 2.45. The summed E-state index contributed by atoms with van der Waals surface area (Å²) in [5.41, 5.74) is 6.55. The van der Waals surface area contributed by atoms with Gasteiger partial charge in [-0.3, -0.25) is 0 Å². The predicted octanol–water partition coefficient (Wildman–Crippen LogP) is 3.30. The van der Waals surface area contributed by atoms with Gasteiger partial charge in [0.1, 0.15) is 5.82 Å². The number of nitrogens with one attached hydrogen (secondary N) is 1. The average Bonchev–Trinajstić information content (AvgIpc) is 3.27. The molecule has 2 aliphatic carbocycles. The SMILES string of the molecule is CC(C)COc1nc(NC(C2CC2)C2CC2)ccc1N. The molecule has 2 fully saturated rings. The van der Waals surface area contributed by atoms with Crippen LogP contribution in [0.4, 0.5) is 11.5 Å². The van der Waals surface area contributed by atoms with Crippen molar-refractivity contribution < 1.29 is 4.74 Å². The number of hydrogen-bond acceptors (Lipinski definition) is 4. The second-order valence-corrected chi connectivity index (χ2v) is 6.64. The van der Waals surface area contributed by atoms with Crippen LogP contribution < -0.4 is 15.8 Å². The molecule has 1 heterocycles. The van der Waals surface area contributed by atoms with Crippen LogP contribution in [-0.4, -0.2) is 17.6 Å². The Morgan fingerprint density at radius 1 is 1.25 bits per heavy atom. The van der Waals surface area contributed by atoms with Crippen LogP contribution in [0.1, 0.15) is 39.5 Å². The number of nitrogen functional groups attached to an aromatic ring is 1. The summed E-state index contributed by atoms with van der Waals surface area (Å²) < 4.78 is 5.70. The predicted molar refractivity (Wildman–Crippen MR) is 81.8 cm³/mol. The largest absolute Gasteiger partial charge is 0.476 e. The van der Waals surface area contributed by atoms with Crippen LogP contribution in [0, 0.1) is 17.8 Å². The second kappa shape index (κ2) is 5.51. The van der Waals surface area contributed by atoms with Crippen LogP contribution in [0.3, 0.4) is 0 Å². The molecule has 1 aromatic rings. The minimum absolute atomic E-state index is 0.471. The van der Waals surface area contributed by atoms with Crippen LogP contribution in [0.25, 0.3) is 0 Å². The van der Waals surface area contributed by atoms with Crippen LogP contribution in [0.5, 0.6) is 5.88 Å². The summed E-state index contributed by atoms with van der Waals surface area (Å²) in [6.07, 6.45) is 5.44. The molecule has 0 spiro atoms. The number of hydrogen-bond donors (Lipinski definition) is 2. The van der Waals surface area contributed by atoms with Gasteiger partial charge in [-0.05, 0) is 55.6 Å². The zero-order valence-corrected chi connectivity index (χ0v) is 12.4. The first-order valence-corrected chi connectivity index (χ1v) is 7.79. The lowest BCUT2D eigenvalue weighted by molar-refractivity contribution is 0.263. The van der Waals surface area contributed by atoms with E-state index in [1.54, 1.807) is 0 Å². The van der Waals surface area contributed by atoms with E-state index >= 15 is 0 Å². The van der Waals surface area contributed by atoms with Gasteiger partial charge in [0.05, 0.1) is 12.3 Å². The highest BCUT2D eigenvalue weighted by molar-refractivity contribution is 5.54. The third-order valence-corrected chi connectivity index (χ3v) is 4.02. The summed E-state index contributed by atoms with van der Waals surface area (Å²) in [5, 5.41) is 3.61. The normalized spacial score (nSPS) is 18.6. The monoisotopic (exact) mass is 275 g/mol. The molecule has 0 aromatic carbocycles. The minimum Gasteiger partial charge on any atom is -0.476 e. The lowest BCUT2D eigenvalue weighted by Gasteiger charge is -2.19. The van der Waals surface area contributed by atoms with Gasteiger partial charge in [0.15, 0.2) is 0 Å². The van der Waals surface area contributed by atoms with E-state index in [4.69, 9.17) is 10.5 Å². The molecule has 0 amide bonds. The Morgan fingerprint density at radius 2 is 1.90 bits per heavy atom. The molecule has 3 N–H and O–H groups in total. The second-order valence-electron chi connectivity index (χ2n) is 6.64. The molecule has 2 aliphatic rings. The fourth-order valence-electron chi connectivity index (χ4n) is 2.59. The number of nitrogens with two attached hydrogens (primary N) is 1. The van der Waals surface area contributed by atoms with Crippen LogP contribution in [0.15, 0.2) is 12.1 Å². The van der Waals surface area contributed by atoms with Crippen molar-refractivity contribution in [1.29, 1.82) is 0 Å². The maximum atomic E-state index is 5.94. The third-order valence-electron chi connectivity index (χ3n) is 4.02. The van der Waals surface area contributed by atoms with Crippen molar-refractivity contribution in [2.24, 2.45) is 17.8 Å². The van der Waals surface area contributed by atoms with E-state index in [1.165, 1.54) is 25.7 Å². The van der Waals surface area contributed by atoms with Gasteiger partial charge in [0.25, 0.3) is 0 Å². The van der Waals surface area contributed by atoms with Crippen molar-refractivity contribution in [1.82, 2.24) is 4.98 Å². The Hall–Kier alpha value is -1.45. The first-order valence-electron chi connectivity index (χ1n) is 7.79. The van der Waals surface area contributed by atoms with Crippen LogP contribution >= 0.6 is 0 Å². The van der Waals surface area contributed by atoms with E-state index in [-0.39, 0.29) is 0 Å². The molecule has 3 rings (SSSR count). The number of ether oxygens (including phenoxy) is 1. The van der Waals surface area contributed by atoms with E-state index in [0.29, 0.717) is 30.1 Å². The lowest BCUT2D eigenvalue weighted by Crippen LogP contribution is -2.25. The lowest BCUT2D eigenvalue weighted by atomic mass is 10.1. The molecule has 0 unspecified atom stereocenters. The molecular formula is C16H25N3O. The molecule has 0 atom stereocenters. The van der Waals surface area contributed by atoms with Gasteiger partial charge in [0, 0.05) is 6.04 Å². The molecule has 2 saturated carbocycles. The molecular weight excluding hydrogens is 250 g/mol. The fraction of sp³-hybridized carbons (Fsp3) is 0.688. The average molecular weight is 275 g/mol. The Labute approximate surface area is 121 Å². The Balaban J connectivity index is 1.67. The van der Waals surface area contributed by atoms with Crippen molar-refractivity contribution in [3.8, 4) is 5.88 Å². The molecule has 0 saturated heterocycles. The van der Waals surface area contributed by atoms with E-state index in [2.05, 4.69) is 24.1 Å². The Morgan fingerprint density at radius 3 is 2.45 bits per heavy atom. The summed E-state index contributed by atoms with van der Waals surface area (Å²) >= 11 is 0. The van der Waals surface area contributed by atoms with E-state index in [0.717, 1.165) is 17.7 Å². The molecule has 0 radical (unpaired) electrons. The van der Waals surface area contributed by atoms with Gasteiger partial charge in [-0.2, -0.15) is 4.98 Å². The molecule has 20 heavy (non-hydrogen) atoms. The highest BCUT2D eigenvalue weighted by atomic mass is 16.5. The van der Waals surface area contributed by atoms with Crippen molar-refractivity contribution in [3.05, 3.63) is 12.1 Å². The maximum absolute atomic E-state index is 5.94. The third kappa shape index (κ3) is 3.35. The maximum Gasteiger partial charge on any atom is 0.239 e. The Bertz CT molecular complexity index is 455. The van der Waals surface area contributed by atoms with Gasteiger partial charge in [0.2, 0.25) is 5.88 Å². The van der Waals surface area contributed by atoms with Crippen molar-refractivity contribution in [2.75, 3.05) is 17.7 Å². The van der Waals surface area contributed by atoms with E-state index in [9.17, 15) is 0 Å². The molecule has 4 heteroatoms. The van der Waals surface area contributed by atoms with Crippen molar-refractivity contribution >= 4 is 11.5 Å². The van der Waals surface area contributed by atoms with E-state index in [1.807, 2.05) is 12.1 Å².